The summed E-state index contributed by atoms with van der Waals surface area (Å²) in [6.45, 7) is 22.4. The molecule has 2 aliphatic rings. The molecule has 0 radical (unpaired) electrons. The normalized spacial score (nSPS) is 15.8. The minimum atomic E-state index is 1.03. The smallest absolute Gasteiger partial charge is 0.234 e. The second-order valence-corrected chi connectivity index (χ2v) is 10.7. The Morgan fingerprint density at radius 2 is 0.941 bits per heavy atom. The molecule has 0 spiro atoms. The van der Waals surface area contributed by atoms with E-state index < -0.39 is 0 Å². The first-order chi connectivity index (χ1) is 16.3. The summed E-state index contributed by atoms with van der Waals surface area (Å²) in [5.74, 6) is 0. The van der Waals surface area contributed by atoms with E-state index in [2.05, 4.69) is 97.4 Å². The molecule has 34 heavy (non-hydrogen) atoms. The Morgan fingerprint density at radius 3 is 1.29 bits per heavy atom. The lowest BCUT2D eigenvalue weighted by molar-refractivity contribution is -0.530. The van der Waals surface area contributed by atoms with Crippen molar-refractivity contribution in [1.29, 1.82) is 0 Å². The molecule has 4 nitrogen and oxygen atoms in total. The number of hydrogen-bond acceptors (Lipinski definition) is 2. The largest absolute Gasteiger partial charge is 0.264 e. The molecule has 0 N–H and O–H groups in total. The highest BCUT2D eigenvalue weighted by Crippen LogP contribution is 2.19. The fraction of sp³-hybridized carbons (Fsp3) is 0.533. The Labute approximate surface area is 207 Å². The molecular weight excluding hydrogens is 416 g/mol. The van der Waals surface area contributed by atoms with Gasteiger partial charge >= 0.3 is 0 Å². The molecule has 0 bridgehead atoms. The fourth-order valence-electron chi connectivity index (χ4n) is 5.74. The second-order valence-electron chi connectivity index (χ2n) is 10.7. The van der Waals surface area contributed by atoms with Gasteiger partial charge in [-0.3, -0.25) is 19.0 Å². The van der Waals surface area contributed by atoms with Gasteiger partial charge < -0.3 is 0 Å². The van der Waals surface area contributed by atoms with Gasteiger partial charge in [-0.2, -0.15) is 0 Å². The van der Waals surface area contributed by atoms with E-state index in [0.717, 1.165) is 39.3 Å². The van der Waals surface area contributed by atoms with E-state index in [-0.39, 0.29) is 0 Å². The Balaban J connectivity index is 1.21. The Hall–Kier alpha value is -2.62. The summed E-state index contributed by atoms with van der Waals surface area (Å²) in [7, 11) is 0. The van der Waals surface area contributed by atoms with Gasteiger partial charge in [-0.25, -0.2) is 0 Å². The van der Waals surface area contributed by atoms with Crippen molar-refractivity contribution in [1.82, 2.24) is 9.80 Å². The first-order valence-corrected chi connectivity index (χ1v) is 13.1. The molecule has 0 saturated carbocycles. The average molecular weight is 461 g/mol. The van der Waals surface area contributed by atoms with E-state index in [0.29, 0.717) is 0 Å². The van der Waals surface area contributed by atoms with E-state index >= 15 is 0 Å². The molecule has 182 valence electrons. The molecular formula is C30H44N4+2. The van der Waals surface area contributed by atoms with Crippen LogP contribution in [0.25, 0.3) is 0 Å². The summed E-state index contributed by atoms with van der Waals surface area (Å²) in [5.41, 5.74) is 11.4. The van der Waals surface area contributed by atoms with Crippen molar-refractivity contribution in [2.24, 2.45) is 0 Å². The van der Waals surface area contributed by atoms with Crippen LogP contribution in [0.1, 0.15) is 57.3 Å². The van der Waals surface area contributed by atoms with Gasteiger partial charge in [0.25, 0.3) is 0 Å². The summed E-state index contributed by atoms with van der Waals surface area (Å²) in [6, 6.07) is 9.26. The van der Waals surface area contributed by atoms with Gasteiger partial charge in [-0.05, 0) is 87.8 Å². The van der Waals surface area contributed by atoms with Crippen LogP contribution in [-0.4, -0.2) is 70.9 Å². The van der Waals surface area contributed by atoms with Crippen LogP contribution < -0.4 is 0 Å². The van der Waals surface area contributed by atoms with Crippen LogP contribution in [0.15, 0.2) is 24.3 Å². The molecule has 2 aromatic rings. The van der Waals surface area contributed by atoms with Gasteiger partial charge in [0.05, 0.1) is 13.1 Å². The molecule has 2 aliphatic heterocycles. The number of hydrogen-bond donors (Lipinski definition) is 0. The van der Waals surface area contributed by atoms with Gasteiger partial charge in [-0.15, -0.1) is 0 Å². The van der Waals surface area contributed by atoms with E-state index in [4.69, 9.17) is 0 Å². The summed E-state index contributed by atoms with van der Waals surface area (Å²) >= 11 is 0. The third kappa shape index (κ3) is 6.08. The van der Waals surface area contributed by atoms with Crippen LogP contribution in [0, 0.1) is 41.5 Å². The highest BCUT2D eigenvalue weighted by atomic mass is 15.3. The van der Waals surface area contributed by atoms with Crippen molar-refractivity contribution < 1.29 is 9.15 Å². The lowest BCUT2D eigenvalue weighted by Gasteiger charge is -2.10. The molecule has 2 aromatic carbocycles. The van der Waals surface area contributed by atoms with E-state index in [1.165, 1.54) is 70.4 Å². The van der Waals surface area contributed by atoms with Crippen LogP contribution in [0.5, 0.6) is 0 Å². The van der Waals surface area contributed by atoms with Crippen LogP contribution >= 0.6 is 0 Å². The van der Waals surface area contributed by atoms with Crippen molar-refractivity contribution >= 4 is 12.7 Å². The van der Waals surface area contributed by atoms with Gasteiger partial charge in [0.15, 0.2) is 0 Å². The maximum Gasteiger partial charge on any atom is 0.234 e. The molecule has 0 unspecified atom stereocenters. The number of unbranched alkanes of at least 4 members (excludes halogenated alkanes) is 1. The first kappa shape index (κ1) is 24.5. The Bertz CT molecular complexity index is 961. The quantitative estimate of drug-likeness (QED) is 0.396. The molecule has 4 heteroatoms. The van der Waals surface area contributed by atoms with Crippen molar-refractivity contribution in [3.05, 3.63) is 68.8 Å². The molecule has 0 amide bonds. The molecule has 4 rings (SSSR count). The molecule has 0 atom stereocenters. The average Bonchev–Trinajstić information content (AvgIpc) is 3.40. The zero-order chi connectivity index (χ0) is 24.2. The van der Waals surface area contributed by atoms with Crippen molar-refractivity contribution in [2.75, 3.05) is 39.3 Å². The van der Waals surface area contributed by atoms with Gasteiger partial charge in [0, 0.05) is 0 Å². The van der Waals surface area contributed by atoms with E-state index in [1.54, 1.807) is 0 Å². The number of nitrogens with zero attached hydrogens (tertiary/aromatic N) is 4. The zero-order valence-corrected chi connectivity index (χ0v) is 22.3. The van der Waals surface area contributed by atoms with Crippen molar-refractivity contribution in [2.45, 2.75) is 67.5 Å². The number of rotatable bonds is 9. The minimum Gasteiger partial charge on any atom is -0.264 e. The predicted molar refractivity (Wildman–Crippen MR) is 143 cm³/mol. The molecule has 0 aromatic heterocycles. The monoisotopic (exact) mass is 460 g/mol. The maximum absolute atomic E-state index is 2.52. The van der Waals surface area contributed by atoms with Gasteiger partial charge in [-0.1, -0.05) is 35.4 Å². The highest BCUT2D eigenvalue weighted by Gasteiger charge is 2.22. The molecule has 0 aliphatic carbocycles. The van der Waals surface area contributed by atoms with E-state index in [1.807, 2.05) is 0 Å². The van der Waals surface area contributed by atoms with E-state index in [9.17, 15) is 0 Å². The van der Waals surface area contributed by atoms with Crippen LogP contribution in [0.4, 0.5) is 0 Å². The highest BCUT2D eigenvalue weighted by molar-refractivity contribution is 5.51. The zero-order valence-electron chi connectivity index (χ0n) is 22.3. The third-order valence-electron chi connectivity index (χ3n) is 7.55. The SMILES string of the molecule is Cc1cc(C)c(C[N+]2=CN(CCCCN3C=[N+](Cc4c(C)cc(C)cc4C)CC3)CC2)c(C)c1. The number of aryl methyl sites for hydroxylation is 6. The molecule has 0 fully saturated rings. The second kappa shape index (κ2) is 10.8. The van der Waals surface area contributed by atoms with Crippen molar-refractivity contribution in [3.8, 4) is 0 Å². The van der Waals surface area contributed by atoms with Crippen molar-refractivity contribution in [3.63, 3.8) is 0 Å². The summed E-state index contributed by atoms with van der Waals surface area (Å²) in [4.78, 5) is 5.03. The summed E-state index contributed by atoms with van der Waals surface area (Å²) < 4.78 is 4.98. The van der Waals surface area contributed by atoms with Crippen LogP contribution in [0.2, 0.25) is 0 Å². The molecule has 0 saturated heterocycles. The minimum absolute atomic E-state index is 1.03. The lowest BCUT2D eigenvalue weighted by atomic mass is 10.00. The third-order valence-corrected chi connectivity index (χ3v) is 7.55. The Kier molecular flexibility index (Phi) is 7.75. The summed E-state index contributed by atoms with van der Waals surface area (Å²) in [6.07, 6.45) is 7.25. The summed E-state index contributed by atoms with van der Waals surface area (Å²) in [5, 5.41) is 0. The molecule has 2 heterocycles. The standard InChI is InChI=1S/C30H44N4/c1-23-15-25(3)29(26(4)16-23)19-33-13-11-31(21-33)9-7-8-10-32-12-14-34(22-32)20-30-27(5)17-24(2)18-28(30)6/h15-18,21-22H,7-14,19-20H2,1-6H3/q+2. The Morgan fingerprint density at radius 1 is 0.588 bits per heavy atom. The fourth-order valence-corrected chi connectivity index (χ4v) is 5.74. The maximum atomic E-state index is 2.52. The lowest BCUT2D eigenvalue weighted by Crippen LogP contribution is -2.24. The first-order valence-electron chi connectivity index (χ1n) is 13.1. The predicted octanol–water partition coefficient (Wildman–Crippen LogP) is 4.73. The van der Waals surface area contributed by atoms with Gasteiger partial charge in [0.2, 0.25) is 12.7 Å². The van der Waals surface area contributed by atoms with Crippen LogP contribution in [0.3, 0.4) is 0 Å². The number of benzene rings is 2. The topological polar surface area (TPSA) is 12.5 Å². The van der Waals surface area contributed by atoms with Crippen LogP contribution in [-0.2, 0) is 13.1 Å². The van der Waals surface area contributed by atoms with Gasteiger partial charge in [0.1, 0.15) is 39.3 Å².